The van der Waals surface area contributed by atoms with Gasteiger partial charge in [0, 0.05) is 19.6 Å². The van der Waals surface area contributed by atoms with Crippen LogP contribution < -0.4 is 0 Å². The van der Waals surface area contributed by atoms with E-state index in [-0.39, 0.29) is 5.54 Å². The molecule has 4 rings (SSSR count). The normalized spacial score (nSPS) is 35.2. The lowest BCUT2D eigenvalue weighted by Gasteiger charge is -2.61. The van der Waals surface area contributed by atoms with Crippen LogP contribution in [0.3, 0.4) is 0 Å². The Hall–Kier alpha value is -0.910. The zero-order valence-electron chi connectivity index (χ0n) is 14.5. The van der Waals surface area contributed by atoms with Crippen LogP contribution in [0.4, 0.5) is 0 Å². The fraction of sp³-hybridized carbons (Fsp3) is 0.684. The largest absolute Gasteiger partial charge is 0.282 e. The maximum Gasteiger partial charge on any atom is 0.282 e. The maximum atomic E-state index is 13.4. The number of hydrogen-bond donors (Lipinski definition) is 0. The van der Waals surface area contributed by atoms with Crippen molar-refractivity contribution in [3.8, 4) is 0 Å². The summed E-state index contributed by atoms with van der Waals surface area (Å²) in [5.74, 6) is 0.940. The van der Waals surface area contributed by atoms with Crippen LogP contribution >= 0.6 is 0 Å². The van der Waals surface area contributed by atoms with Crippen molar-refractivity contribution in [2.45, 2.75) is 51.0 Å². The topological polar surface area (TPSA) is 40.6 Å². The molecule has 24 heavy (non-hydrogen) atoms. The smallest absolute Gasteiger partial charge is 0.195 e. The Morgan fingerprint density at radius 1 is 1.04 bits per heavy atom. The van der Waals surface area contributed by atoms with E-state index in [1.165, 1.54) is 12.0 Å². The number of rotatable bonds is 3. The van der Waals surface area contributed by atoms with E-state index in [1.54, 1.807) is 4.31 Å². The second-order valence-electron chi connectivity index (χ2n) is 7.88. The summed E-state index contributed by atoms with van der Waals surface area (Å²) in [6.07, 6.45) is 6.58. The third kappa shape index (κ3) is 2.44. The van der Waals surface area contributed by atoms with E-state index < -0.39 is 10.2 Å². The average Bonchev–Trinajstić information content (AvgIpc) is 2.57. The van der Waals surface area contributed by atoms with Gasteiger partial charge in [-0.25, -0.2) is 0 Å². The van der Waals surface area contributed by atoms with Gasteiger partial charge in [0.1, 0.15) is 0 Å². The number of nitrogens with zero attached hydrogens (tertiary/aromatic N) is 2. The Balaban J connectivity index is 1.69. The molecule has 4 nitrogen and oxygen atoms in total. The van der Waals surface area contributed by atoms with Crippen LogP contribution in [-0.2, 0) is 15.7 Å². The van der Waals surface area contributed by atoms with Crippen LogP contribution in [0.2, 0.25) is 0 Å². The summed E-state index contributed by atoms with van der Waals surface area (Å²) >= 11 is 0. The van der Waals surface area contributed by atoms with Gasteiger partial charge in [-0.15, -0.1) is 0 Å². The molecule has 3 fully saturated rings. The standard InChI is InChI=1S/C19H28N2O2S/c1-16-8-7-13-20(14-16)24(22,23)21-15-18-11-5-6-12-19(18,21)17-9-3-2-4-10-17/h2-4,9-10,16,18H,5-8,11-15H2,1H3/t16-,18-,19-/m1/s1. The van der Waals surface area contributed by atoms with E-state index in [0.29, 0.717) is 31.5 Å². The van der Waals surface area contributed by atoms with Crippen molar-refractivity contribution in [1.29, 1.82) is 0 Å². The second kappa shape index (κ2) is 6.11. The highest BCUT2D eigenvalue weighted by molar-refractivity contribution is 7.86. The maximum absolute atomic E-state index is 13.4. The van der Waals surface area contributed by atoms with Gasteiger partial charge in [0.05, 0.1) is 5.54 Å². The summed E-state index contributed by atoms with van der Waals surface area (Å²) in [6.45, 7) is 4.21. The van der Waals surface area contributed by atoms with Gasteiger partial charge in [-0.1, -0.05) is 50.1 Å². The minimum Gasteiger partial charge on any atom is -0.195 e. The molecule has 0 unspecified atom stereocenters. The van der Waals surface area contributed by atoms with Crippen LogP contribution in [0.1, 0.15) is 51.0 Å². The fourth-order valence-electron chi connectivity index (χ4n) is 5.10. The molecule has 132 valence electrons. The molecule has 0 radical (unpaired) electrons. The van der Waals surface area contributed by atoms with Crippen molar-refractivity contribution in [3.05, 3.63) is 35.9 Å². The fourth-order valence-corrected chi connectivity index (χ4v) is 7.30. The number of benzene rings is 1. The van der Waals surface area contributed by atoms with Gasteiger partial charge in [0.2, 0.25) is 0 Å². The number of hydrogen-bond acceptors (Lipinski definition) is 2. The quantitative estimate of drug-likeness (QED) is 0.840. The van der Waals surface area contributed by atoms with E-state index in [1.807, 2.05) is 22.5 Å². The Kier molecular flexibility index (Phi) is 4.22. The van der Waals surface area contributed by atoms with Crippen LogP contribution in [0.25, 0.3) is 0 Å². The summed E-state index contributed by atoms with van der Waals surface area (Å²) in [5.41, 5.74) is 0.897. The predicted molar refractivity (Wildman–Crippen MR) is 95.7 cm³/mol. The molecule has 2 saturated heterocycles. The SMILES string of the molecule is C[C@@H]1CCCN(S(=O)(=O)N2C[C@H]3CCCC[C@@]32c2ccccc2)C1. The molecule has 1 aromatic carbocycles. The highest BCUT2D eigenvalue weighted by Crippen LogP contribution is 2.55. The average molecular weight is 349 g/mol. The van der Waals surface area contributed by atoms with Crippen molar-refractivity contribution in [3.63, 3.8) is 0 Å². The highest BCUT2D eigenvalue weighted by Gasteiger charge is 2.60. The Labute approximate surface area is 146 Å². The molecule has 2 aliphatic heterocycles. The molecule has 0 amide bonds. The molecule has 0 N–H and O–H groups in total. The van der Waals surface area contributed by atoms with Gasteiger partial charge in [-0.2, -0.15) is 17.0 Å². The first-order valence-corrected chi connectivity index (χ1v) is 10.8. The molecule has 1 aromatic rings. The zero-order valence-corrected chi connectivity index (χ0v) is 15.3. The molecule has 1 saturated carbocycles. The minimum absolute atomic E-state index is 0.293. The molecule has 0 bridgehead atoms. The number of piperidine rings is 1. The van der Waals surface area contributed by atoms with Crippen molar-refractivity contribution >= 4 is 10.2 Å². The summed E-state index contributed by atoms with van der Waals surface area (Å²) < 4.78 is 30.4. The Morgan fingerprint density at radius 3 is 2.54 bits per heavy atom. The first-order valence-electron chi connectivity index (χ1n) is 9.38. The first kappa shape index (κ1) is 16.6. The van der Waals surface area contributed by atoms with Crippen LogP contribution in [0.15, 0.2) is 30.3 Å². The third-order valence-electron chi connectivity index (χ3n) is 6.37. The van der Waals surface area contributed by atoms with E-state index >= 15 is 0 Å². The van der Waals surface area contributed by atoms with Crippen LogP contribution in [-0.4, -0.2) is 36.7 Å². The van der Waals surface area contributed by atoms with Crippen molar-refractivity contribution in [2.24, 2.45) is 11.8 Å². The van der Waals surface area contributed by atoms with Crippen molar-refractivity contribution in [2.75, 3.05) is 19.6 Å². The number of fused-ring (bicyclic) bond motifs is 1. The van der Waals surface area contributed by atoms with Gasteiger partial charge in [-0.05, 0) is 43.1 Å². The molecular weight excluding hydrogens is 320 g/mol. The summed E-state index contributed by atoms with van der Waals surface area (Å²) in [7, 11) is -3.37. The molecular formula is C19H28N2O2S. The second-order valence-corrected chi connectivity index (χ2v) is 9.73. The highest BCUT2D eigenvalue weighted by atomic mass is 32.2. The zero-order chi connectivity index (χ0) is 16.8. The summed E-state index contributed by atoms with van der Waals surface area (Å²) in [4.78, 5) is 0. The minimum atomic E-state index is -3.37. The van der Waals surface area contributed by atoms with Gasteiger partial charge in [0.25, 0.3) is 10.2 Å². The molecule has 0 aromatic heterocycles. The Morgan fingerprint density at radius 2 is 1.83 bits per heavy atom. The molecule has 5 heteroatoms. The van der Waals surface area contributed by atoms with Gasteiger partial charge >= 0.3 is 0 Å². The summed E-state index contributed by atoms with van der Waals surface area (Å²) in [5, 5.41) is 0. The van der Waals surface area contributed by atoms with Gasteiger partial charge in [0.15, 0.2) is 0 Å². The van der Waals surface area contributed by atoms with Crippen molar-refractivity contribution < 1.29 is 8.42 Å². The van der Waals surface area contributed by atoms with E-state index in [2.05, 4.69) is 19.1 Å². The first-order chi connectivity index (χ1) is 11.5. The lowest BCUT2D eigenvalue weighted by molar-refractivity contribution is -0.0551. The monoisotopic (exact) mass is 348 g/mol. The molecule has 1 aliphatic carbocycles. The van der Waals surface area contributed by atoms with Gasteiger partial charge < -0.3 is 0 Å². The molecule has 0 spiro atoms. The lowest BCUT2D eigenvalue weighted by atomic mass is 9.63. The Bertz CT molecular complexity index is 691. The van der Waals surface area contributed by atoms with Crippen molar-refractivity contribution in [1.82, 2.24) is 8.61 Å². The van der Waals surface area contributed by atoms with E-state index in [9.17, 15) is 8.42 Å². The van der Waals surface area contributed by atoms with Crippen LogP contribution in [0, 0.1) is 11.8 Å². The summed E-state index contributed by atoms with van der Waals surface area (Å²) in [6, 6.07) is 10.4. The molecule has 3 atom stereocenters. The van der Waals surface area contributed by atoms with Gasteiger partial charge in [-0.3, -0.25) is 0 Å². The molecule has 3 aliphatic rings. The molecule has 2 heterocycles. The lowest BCUT2D eigenvalue weighted by Crippen LogP contribution is -2.69. The van der Waals surface area contributed by atoms with Crippen LogP contribution in [0.5, 0.6) is 0 Å². The predicted octanol–water partition coefficient (Wildman–Crippen LogP) is 3.36. The third-order valence-corrected chi connectivity index (χ3v) is 8.38. The van der Waals surface area contributed by atoms with E-state index in [4.69, 9.17) is 0 Å². The van der Waals surface area contributed by atoms with E-state index in [0.717, 1.165) is 32.1 Å².